The number of hydrogen-bond donors (Lipinski definition) is 1. The Morgan fingerprint density at radius 2 is 2.37 bits per heavy atom. The van der Waals surface area contributed by atoms with Crippen LogP contribution in [0.4, 0.5) is 0 Å². The van der Waals surface area contributed by atoms with Crippen LogP contribution >= 0.6 is 0 Å². The Morgan fingerprint density at radius 3 is 2.89 bits per heavy atom. The van der Waals surface area contributed by atoms with Crippen molar-refractivity contribution in [3.05, 3.63) is 17.5 Å². The highest BCUT2D eigenvalue weighted by Crippen LogP contribution is 2.30. The number of aliphatic carboxylic acids is 1. The number of ether oxygens (including phenoxy) is 1. The van der Waals surface area contributed by atoms with Crippen LogP contribution in [0.3, 0.4) is 0 Å². The second-order valence-electron chi connectivity index (χ2n) is 4.89. The standard InChI is InChI=1S/C13H18N2O4/c1-3-9-6-10(15(2)14-9)7-13(12(17)18)8-19-5-4-11(13)16/h6H,3-5,7-8H2,1-2H3,(H,17,18). The molecule has 0 spiro atoms. The molecule has 1 unspecified atom stereocenters. The summed E-state index contributed by atoms with van der Waals surface area (Å²) < 4.78 is 6.88. The van der Waals surface area contributed by atoms with E-state index in [9.17, 15) is 14.7 Å². The smallest absolute Gasteiger partial charge is 0.319 e. The highest BCUT2D eigenvalue weighted by molar-refractivity contribution is 6.04. The summed E-state index contributed by atoms with van der Waals surface area (Å²) >= 11 is 0. The molecular formula is C13H18N2O4. The van der Waals surface area contributed by atoms with Gasteiger partial charge >= 0.3 is 5.97 Å². The van der Waals surface area contributed by atoms with Crippen LogP contribution in [0.5, 0.6) is 0 Å². The molecule has 1 aromatic rings. The average molecular weight is 266 g/mol. The number of carbonyl (C=O) groups excluding carboxylic acids is 1. The third-order valence-electron chi connectivity index (χ3n) is 3.64. The molecule has 6 nitrogen and oxygen atoms in total. The molecule has 0 aliphatic carbocycles. The Balaban J connectivity index is 2.33. The van der Waals surface area contributed by atoms with Crippen molar-refractivity contribution in [1.29, 1.82) is 0 Å². The van der Waals surface area contributed by atoms with Gasteiger partial charge in [-0.1, -0.05) is 6.92 Å². The van der Waals surface area contributed by atoms with Gasteiger partial charge in [0.1, 0.15) is 0 Å². The number of carboxylic acid groups (broad SMARTS) is 1. The van der Waals surface area contributed by atoms with Crippen molar-refractivity contribution in [1.82, 2.24) is 9.78 Å². The maximum absolute atomic E-state index is 12.1. The van der Waals surface area contributed by atoms with E-state index in [0.717, 1.165) is 17.8 Å². The van der Waals surface area contributed by atoms with E-state index in [4.69, 9.17) is 4.74 Å². The summed E-state index contributed by atoms with van der Waals surface area (Å²) in [4.78, 5) is 23.6. The Labute approximate surface area is 111 Å². The maximum atomic E-state index is 12.1. The largest absolute Gasteiger partial charge is 0.480 e. The number of Topliss-reactive ketones (excluding diaryl/α,β-unsaturated/α-hetero) is 1. The predicted octanol–water partition coefficient (Wildman–Crippen LogP) is 0.585. The summed E-state index contributed by atoms with van der Waals surface area (Å²) in [6.45, 7) is 2.22. The monoisotopic (exact) mass is 266 g/mol. The lowest BCUT2D eigenvalue weighted by atomic mass is 9.77. The average Bonchev–Trinajstić information content (AvgIpc) is 2.73. The molecule has 2 rings (SSSR count). The van der Waals surface area contributed by atoms with Gasteiger partial charge in [0, 0.05) is 25.6 Å². The van der Waals surface area contributed by atoms with Gasteiger partial charge in [-0.05, 0) is 12.5 Å². The minimum atomic E-state index is -1.46. The molecule has 0 aromatic carbocycles. The van der Waals surface area contributed by atoms with Gasteiger partial charge in [0.25, 0.3) is 0 Å². The van der Waals surface area contributed by atoms with Gasteiger partial charge in [0.05, 0.1) is 18.9 Å². The molecule has 0 radical (unpaired) electrons. The van der Waals surface area contributed by atoms with Crippen LogP contribution in [0.2, 0.25) is 0 Å². The molecule has 1 atom stereocenters. The zero-order valence-corrected chi connectivity index (χ0v) is 11.2. The van der Waals surface area contributed by atoms with E-state index in [0.29, 0.717) is 6.61 Å². The van der Waals surface area contributed by atoms with Gasteiger partial charge in [0.2, 0.25) is 0 Å². The van der Waals surface area contributed by atoms with Crippen LogP contribution < -0.4 is 0 Å². The van der Waals surface area contributed by atoms with E-state index < -0.39 is 11.4 Å². The number of nitrogens with zero attached hydrogens (tertiary/aromatic N) is 2. The molecule has 1 N–H and O–H groups in total. The van der Waals surface area contributed by atoms with E-state index in [1.807, 2.05) is 13.0 Å². The van der Waals surface area contributed by atoms with Gasteiger partial charge < -0.3 is 9.84 Å². The summed E-state index contributed by atoms with van der Waals surface area (Å²) in [5.41, 5.74) is 0.178. The highest BCUT2D eigenvalue weighted by atomic mass is 16.5. The zero-order valence-electron chi connectivity index (χ0n) is 11.2. The molecule has 0 bridgehead atoms. The van der Waals surface area contributed by atoms with Crippen molar-refractivity contribution in [3.8, 4) is 0 Å². The fourth-order valence-electron chi connectivity index (χ4n) is 2.36. The number of aromatic nitrogens is 2. The lowest BCUT2D eigenvalue weighted by Crippen LogP contribution is -2.49. The van der Waals surface area contributed by atoms with Gasteiger partial charge in [-0.2, -0.15) is 5.10 Å². The minimum absolute atomic E-state index is 0.0617. The van der Waals surface area contributed by atoms with Gasteiger partial charge in [0.15, 0.2) is 11.2 Å². The van der Waals surface area contributed by atoms with Gasteiger partial charge in [-0.3, -0.25) is 14.3 Å². The van der Waals surface area contributed by atoms with Crippen LogP contribution in [0.15, 0.2) is 6.07 Å². The summed E-state index contributed by atoms with van der Waals surface area (Å²) in [7, 11) is 1.76. The Hall–Kier alpha value is -1.69. The SMILES string of the molecule is CCc1cc(CC2(C(=O)O)COCCC2=O)n(C)n1. The Kier molecular flexibility index (Phi) is 3.71. The molecule has 2 heterocycles. The molecule has 1 aliphatic rings. The van der Waals surface area contributed by atoms with E-state index in [2.05, 4.69) is 5.10 Å². The van der Waals surface area contributed by atoms with Crippen molar-refractivity contribution in [2.75, 3.05) is 13.2 Å². The predicted molar refractivity (Wildman–Crippen MR) is 66.8 cm³/mol. The lowest BCUT2D eigenvalue weighted by Gasteiger charge is -2.31. The first-order valence-electron chi connectivity index (χ1n) is 6.36. The number of ketones is 1. The second-order valence-corrected chi connectivity index (χ2v) is 4.89. The van der Waals surface area contributed by atoms with Crippen molar-refractivity contribution in [2.24, 2.45) is 12.5 Å². The lowest BCUT2D eigenvalue weighted by molar-refractivity contribution is -0.164. The zero-order chi connectivity index (χ0) is 14.0. The van der Waals surface area contributed by atoms with Gasteiger partial charge in [-0.25, -0.2) is 0 Å². The molecular weight excluding hydrogens is 248 g/mol. The van der Waals surface area contributed by atoms with Crippen molar-refractivity contribution in [3.63, 3.8) is 0 Å². The summed E-state index contributed by atoms with van der Waals surface area (Å²) in [6, 6.07) is 1.85. The molecule has 0 saturated carbocycles. The molecule has 1 aromatic heterocycles. The van der Waals surface area contributed by atoms with E-state index in [-0.39, 0.29) is 25.2 Å². The molecule has 1 fully saturated rings. The topological polar surface area (TPSA) is 81.4 Å². The number of carboxylic acids is 1. The molecule has 1 aliphatic heterocycles. The van der Waals surface area contributed by atoms with Gasteiger partial charge in [-0.15, -0.1) is 0 Å². The van der Waals surface area contributed by atoms with Crippen molar-refractivity contribution < 1.29 is 19.4 Å². The minimum Gasteiger partial charge on any atom is -0.480 e. The first kappa shape index (κ1) is 13.7. The second kappa shape index (κ2) is 5.13. The summed E-state index contributed by atoms with van der Waals surface area (Å²) in [5, 5.41) is 13.7. The normalized spacial score (nSPS) is 23.6. The summed E-state index contributed by atoms with van der Waals surface area (Å²) in [5.74, 6) is -1.37. The van der Waals surface area contributed by atoms with Crippen LogP contribution in [0, 0.1) is 5.41 Å². The third kappa shape index (κ3) is 2.40. The third-order valence-corrected chi connectivity index (χ3v) is 3.64. The van der Waals surface area contributed by atoms with Crippen LogP contribution in [0.25, 0.3) is 0 Å². The molecule has 19 heavy (non-hydrogen) atoms. The highest BCUT2D eigenvalue weighted by Gasteiger charge is 2.48. The molecule has 104 valence electrons. The molecule has 0 amide bonds. The fourth-order valence-corrected chi connectivity index (χ4v) is 2.36. The van der Waals surface area contributed by atoms with Crippen molar-refractivity contribution >= 4 is 11.8 Å². The number of carbonyl (C=O) groups is 2. The molecule has 1 saturated heterocycles. The van der Waals surface area contributed by atoms with E-state index in [1.54, 1.807) is 11.7 Å². The Bertz CT molecular complexity index is 509. The fraction of sp³-hybridized carbons (Fsp3) is 0.615. The van der Waals surface area contributed by atoms with Crippen LogP contribution in [-0.4, -0.2) is 39.9 Å². The summed E-state index contributed by atoms with van der Waals surface area (Å²) in [6.07, 6.45) is 1.06. The quantitative estimate of drug-likeness (QED) is 0.806. The van der Waals surface area contributed by atoms with Crippen LogP contribution in [-0.2, 0) is 34.2 Å². The van der Waals surface area contributed by atoms with E-state index >= 15 is 0 Å². The first-order valence-corrected chi connectivity index (χ1v) is 6.36. The number of hydrogen-bond acceptors (Lipinski definition) is 4. The van der Waals surface area contributed by atoms with E-state index in [1.165, 1.54) is 0 Å². The first-order chi connectivity index (χ1) is 8.99. The molecule has 6 heteroatoms. The van der Waals surface area contributed by atoms with Crippen LogP contribution in [0.1, 0.15) is 24.7 Å². The Morgan fingerprint density at radius 1 is 1.63 bits per heavy atom. The number of rotatable bonds is 4. The maximum Gasteiger partial charge on any atom is 0.319 e. The van der Waals surface area contributed by atoms with Crippen molar-refractivity contribution in [2.45, 2.75) is 26.2 Å². The number of aryl methyl sites for hydroxylation is 2.